The first-order valence-electron chi connectivity index (χ1n) is 8.81. The van der Waals surface area contributed by atoms with Gasteiger partial charge in [0.25, 0.3) is 0 Å². The van der Waals surface area contributed by atoms with Crippen molar-refractivity contribution in [2.75, 3.05) is 18.4 Å². The highest BCUT2D eigenvalue weighted by atomic mass is 32.1. The number of aromatic nitrogens is 3. The largest absolute Gasteiger partial charge is 0.314 e. The summed E-state index contributed by atoms with van der Waals surface area (Å²) in [5, 5.41) is 14.2. The van der Waals surface area contributed by atoms with Crippen molar-refractivity contribution in [3.63, 3.8) is 0 Å². The van der Waals surface area contributed by atoms with Gasteiger partial charge in [-0.2, -0.15) is 5.26 Å². The van der Waals surface area contributed by atoms with Crippen molar-refractivity contribution in [2.45, 2.75) is 13.0 Å². The molecule has 0 aliphatic carbocycles. The lowest BCUT2D eigenvalue weighted by molar-refractivity contribution is 0.289. The molecule has 0 spiro atoms. The Labute approximate surface area is 166 Å². The molecule has 0 atom stereocenters. The Bertz CT molecular complexity index is 1020. The van der Waals surface area contributed by atoms with Gasteiger partial charge >= 0.3 is 0 Å². The maximum absolute atomic E-state index is 14.8. The van der Waals surface area contributed by atoms with E-state index >= 15 is 0 Å². The molecule has 0 amide bonds. The monoisotopic (exact) mass is 392 g/mol. The molecule has 0 saturated heterocycles. The van der Waals surface area contributed by atoms with Crippen LogP contribution < -0.4 is 5.32 Å². The van der Waals surface area contributed by atoms with E-state index < -0.39 is 0 Å². The number of nitrogens with zero attached hydrogens (tertiary/aromatic N) is 5. The van der Waals surface area contributed by atoms with E-state index in [9.17, 15) is 4.39 Å². The predicted octanol–water partition coefficient (Wildman–Crippen LogP) is 3.98. The van der Waals surface area contributed by atoms with Gasteiger partial charge in [0.05, 0.1) is 11.3 Å². The fourth-order valence-corrected chi connectivity index (χ4v) is 3.59. The second-order valence-electron chi connectivity index (χ2n) is 6.35. The molecule has 0 saturated carbocycles. The molecule has 0 aromatic carbocycles. The summed E-state index contributed by atoms with van der Waals surface area (Å²) >= 11 is 1.40. The van der Waals surface area contributed by atoms with E-state index in [1.165, 1.54) is 11.3 Å². The number of nitriles is 1. The number of hydrogen-bond acceptors (Lipinski definition) is 7. The van der Waals surface area contributed by atoms with Crippen LogP contribution in [0.4, 0.5) is 15.3 Å². The lowest BCUT2D eigenvalue weighted by atomic mass is 10.0. The Morgan fingerprint density at radius 1 is 1.21 bits per heavy atom. The van der Waals surface area contributed by atoms with Gasteiger partial charge in [-0.15, -0.1) is 11.3 Å². The number of thiazole rings is 1. The summed E-state index contributed by atoms with van der Waals surface area (Å²) in [5.74, 6) is -0.149. The number of nitrogens with one attached hydrogen (secondary N) is 1. The molecule has 0 unspecified atom stereocenters. The van der Waals surface area contributed by atoms with Crippen molar-refractivity contribution in [1.29, 1.82) is 5.26 Å². The summed E-state index contributed by atoms with van der Waals surface area (Å²) in [6, 6.07) is 7.44. The van der Waals surface area contributed by atoms with E-state index in [-0.39, 0.29) is 11.6 Å². The van der Waals surface area contributed by atoms with Crippen LogP contribution in [0.25, 0.3) is 5.57 Å². The molecule has 140 valence electrons. The molecule has 3 aromatic rings. The quantitative estimate of drug-likeness (QED) is 0.708. The fraction of sp³-hybridized carbons (Fsp3) is 0.200. The first kappa shape index (κ1) is 18.2. The zero-order chi connectivity index (χ0) is 19.3. The topological polar surface area (TPSA) is 77.7 Å². The van der Waals surface area contributed by atoms with Crippen molar-refractivity contribution in [2.24, 2.45) is 0 Å². The second kappa shape index (κ2) is 8.25. The number of pyridine rings is 2. The number of anilines is 2. The lowest BCUT2D eigenvalue weighted by Crippen LogP contribution is -2.28. The van der Waals surface area contributed by atoms with Gasteiger partial charge in [0, 0.05) is 49.2 Å². The average molecular weight is 392 g/mol. The molecule has 0 bridgehead atoms. The van der Waals surface area contributed by atoms with Crippen molar-refractivity contribution < 1.29 is 4.39 Å². The summed E-state index contributed by atoms with van der Waals surface area (Å²) in [7, 11) is 0. The summed E-state index contributed by atoms with van der Waals surface area (Å²) in [6.45, 7) is 2.03. The molecule has 3 aromatic heterocycles. The third-order valence-corrected chi connectivity index (χ3v) is 5.22. The van der Waals surface area contributed by atoms with E-state index in [0.29, 0.717) is 29.3 Å². The van der Waals surface area contributed by atoms with Gasteiger partial charge < -0.3 is 5.32 Å². The minimum atomic E-state index is -0.346. The zero-order valence-electron chi connectivity index (χ0n) is 15.0. The minimum Gasteiger partial charge on any atom is -0.314 e. The fourth-order valence-electron chi connectivity index (χ4n) is 3.06. The minimum absolute atomic E-state index is 0.197. The van der Waals surface area contributed by atoms with E-state index in [2.05, 4.69) is 37.3 Å². The van der Waals surface area contributed by atoms with Crippen LogP contribution in [0.1, 0.15) is 23.2 Å². The van der Waals surface area contributed by atoms with Crippen LogP contribution in [0, 0.1) is 17.1 Å². The van der Waals surface area contributed by atoms with Crippen LogP contribution in [0.5, 0.6) is 0 Å². The molecular weight excluding hydrogens is 375 g/mol. The highest BCUT2D eigenvalue weighted by molar-refractivity contribution is 7.13. The molecule has 4 heterocycles. The lowest BCUT2D eigenvalue weighted by Gasteiger charge is -2.26. The van der Waals surface area contributed by atoms with Gasteiger partial charge in [-0.1, -0.05) is 6.08 Å². The Hall–Kier alpha value is -3.15. The van der Waals surface area contributed by atoms with Crippen LogP contribution >= 0.6 is 11.3 Å². The summed E-state index contributed by atoms with van der Waals surface area (Å²) in [6.07, 6.45) is 7.81. The van der Waals surface area contributed by atoms with Crippen LogP contribution in [0.3, 0.4) is 0 Å². The first-order chi connectivity index (χ1) is 13.7. The standard InChI is InChI=1S/C20H17FN6S/c21-18-16(3-6-23-19(18)26-20-24-7-10-28-20)13-27-8-4-15(5-9-27)17-2-1-14(11-22)12-25-17/h1-4,6-7,10,12H,5,8-9,13H2,(H,23,24,26). The Morgan fingerprint density at radius 3 is 2.82 bits per heavy atom. The highest BCUT2D eigenvalue weighted by Crippen LogP contribution is 2.25. The third-order valence-electron chi connectivity index (χ3n) is 4.54. The Balaban J connectivity index is 1.43. The van der Waals surface area contributed by atoms with Crippen molar-refractivity contribution >= 4 is 27.9 Å². The second-order valence-corrected chi connectivity index (χ2v) is 7.25. The maximum Gasteiger partial charge on any atom is 0.188 e. The normalized spacial score (nSPS) is 14.4. The summed E-state index contributed by atoms with van der Waals surface area (Å²) < 4.78 is 14.8. The summed E-state index contributed by atoms with van der Waals surface area (Å²) in [5.41, 5.74) is 3.20. The molecular formula is C20H17FN6S. The van der Waals surface area contributed by atoms with Gasteiger partial charge in [0.1, 0.15) is 6.07 Å². The molecule has 1 aliphatic heterocycles. The van der Waals surface area contributed by atoms with Crippen molar-refractivity contribution in [1.82, 2.24) is 19.9 Å². The van der Waals surface area contributed by atoms with E-state index in [1.54, 1.807) is 30.7 Å². The maximum atomic E-state index is 14.8. The van der Waals surface area contributed by atoms with Crippen molar-refractivity contribution in [3.05, 3.63) is 70.9 Å². The van der Waals surface area contributed by atoms with Gasteiger partial charge in [0.2, 0.25) is 0 Å². The van der Waals surface area contributed by atoms with Gasteiger partial charge in [0.15, 0.2) is 16.8 Å². The molecule has 4 rings (SSSR count). The van der Waals surface area contributed by atoms with Crippen LogP contribution in [0.2, 0.25) is 0 Å². The zero-order valence-corrected chi connectivity index (χ0v) is 15.8. The predicted molar refractivity (Wildman–Crippen MR) is 106 cm³/mol. The molecule has 0 fully saturated rings. The number of halogens is 1. The van der Waals surface area contributed by atoms with Gasteiger partial charge in [-0.3, -0.25) is 9.88 Å². The molecule has 1 N–H and O–H groups in total. The smallest absolute Gasteiger partial charge is 0.188 e. The average Bonchev–Trinajstić information content (AvgIpc) is 3.25. The van der Waals surface area contributed by atoms with Crippen molar-refractivity contribution in [3.8, 4) is 6.07 Å². The van der Waals surface area contributed by atoms with Crippen LogP contribution in [0.15, 0.2) is 48.2 Å². The van der Waals surface area contributed by atoms with E-state index in [4.69, 9.17) is 5.26 Å². The summed E-state index contributed by atoms with van der Waals surface area (Å²) in [4.78, 5) is 14.7. The number of rotatable bonds is 5. The molecule has 8 heteroatoms. The molecule has 6 nitrogen and oxygen atoms in total. The first-order valence-corrected chi connectivity index (χ1v) is 9.68. The Kier molecular flexibility index (Phi) is 5.37. The molecule has 0 radical (unpaired) electrons. The molecule has 1 aliphatic rings. The van der Waals surface area contributed by atoms with Crippen LogP contribution in [-0.4, -0.2) is 32.9 Å². The highest BCUT2D eigenvalue weighted by Gasteiger charge is 2.17. The van der Waals surface area contributed by atoms with E-state index in [1.807, 2.05) is 11.4 Å². The van der Waals surface area contributed by atoms with E-state index in [0.717, 1.165) is 24.2 Å². The van der Waals surface area contributed by atoms with Gasteiger partial charge in [-0.25, -0.2) is 14.4 Å². The van der Waals surface area contributed by atoms with Gasteiger partial charge in [-0.05, 0) is 30.2 Å². The number of hydrogen-bond donors (Lipinski definition) is 1. The third kappa shape index (κ3) is 4.06. The Morgan fingerprint density at radius 2 is 2.14 bits per heavy atom. The molecule has 28 heavy (non-hydrogen) atoms. The SMILES string of the molecule is N#Cc1ccc(C2=CCN(Cc3ccnc(Nc4nccs4)c3F)CC2)nc1. The van der Waals surface area contributed by atoms with Crippen LogP contribution in [-0.2, 0) is 6.54 Å².